The van der Waals surface area contributed by atoms with Crippen LogP contribution in [-0.2, 0) is 9.59 Å². The summed E-state index contributed by atoms with van der Waals surface area (Å²) in [6.07, 6.45) is 1.57. The monoisotopic (exact) mass is 296 g/mol. The van der Waals surface area contributed by atoms with Crippen molar-refractivity contribution in [1.82, 2.24) is 5.32 Å². The van der Waals surface area contributed by atoms with E-state index in [9.17, 15) is 14.7 Å². The summed E-state index contributed by atoms with van der Waals surface area (Å²) < 4.78 is 0. The van der Waals surface area contributed by atoms with Crippen molar-refractivity contribution in [3.05, 3.63) is 65.9 Å². The fourth-order valence-corrected chi connectivity index (χ4v) is 1.83. The first kappa shape index (κ1) is 15.3. The first-order valence-corrected chi connectivity index (χ1v) is 6.70. The molecule has 0 atom stereocenters. The molecule has 0 heterocycles. The Hall–Kier alpha value is -3.08. The second-order valence-electron chi connectivity index (χ2n) is 4.62. The van der Waals surface area contributed by atoms with Gasteiger partial charge in [-0.15, -0.1) is 0 Å². The van der Waals surface area contributed by atoms with E-state index in [1.165, 1.54) is 13.0 Å². The number of para-hydroxylation sites is 2. The third-order valence-electron chi connectivity index (χ3n) is 2.82. The number of rotatable bonds is 4. The topological polar surface area (TPSA) is 78.4 Å². The van der Waals surface area contributed by atoms with E-state index in [2.05, 4.69) is 10.6 Å². The number of aromatic hydroxyl groups is 1. The Bertz CT molecular complexity index is 709. The Balaban J connectivity index is 2.26. The summed E-state index contributed by atoms with van der Waals surface area (Å²) in [5, 5.41) is 14.8. The summed E-state index contributed by atoms with van der Waals surface area (Å²) in [6.45, 7) is 1.33. The minimum atomic E-state index is -0.513. The van der Waals surface area contributed by atoms with E-state index in [4.69, 9.17) is 0 Å². The van der Waals surface area contributed by atoms with Crippen molar-refractivity contribution in [2.75, 3.05) is 5.32 Å². The van der Waals surface area contributed by atoms with Crippen molar-refractivity contribution in [2.24, 2.45) is 0 Å². The van der Waals surface area contributed by atoms with E-state index in [1.807, 2.05) is 30.3 Å². The zero-order valence-corrected chi connectivity index (χ0v) is 12.0. The average molecular weight is 296 g/mol. The van der Waals surface area contributed by atoms with Crippen LogP contribution in [0, 0.1) is 0 Å². The van der Waals surface area contributed by atoms with Crippen LogP contribution in [0.4, 0.5) is 5.69 Å². The number of anilines is 1. The fraction of sp³-hybridized carbons (Fsp3) is 0.0588. The van der Waals surface area contributed by atoms with Crippen LogP contribution in [0.15, 0.2) is 60.3 Å². The third kappa shape index (κ3) is 4.21. The number of carbonyl (C=O) groups is 2. The fourth-order valence-electron chi connectivity index (χ4n) is 1.83. The molecule has 0 aliphatic carbocycles. The van der Waals surface area contributed by atoms with Gasteiger partial charge in [0.15, 0.2) is 0 Å². The number of phenols is 1. The predicted molar refractivity (Wildman–Crippen MR) is 85.0 cm³/mol. The highest BCUT2D eigenvalue weighted by Gasteiger charge is 2.13. The SMILES string of the molecule is CC(=O)NC(=Cc1ccccc1)C(=O)Nc1ccccc1O. The molecule has 5 heteroatoms. The Morgan fingerprint density at radius 2 is 1.64 bits per heavy atom. The minimum absolute atomic E-state index is 0.0438. The molecule has 0 aromatic heterocycles. The summed E-state index contributed by atoms with van der Waals surface area (Å²) in [7, 11) is 0. The van der Waals surface area contributed by atoms with Gasteiger partial charge in [-0.1, -0.05) is 42.5 Å². The van der Waals surface area contributed by atoms with Gasteiger partial charge >= 0.3 is 0 Å². The van der Waals surface area contributed by atoms with Crippen LogP contribution in [0.2, 0.25) is 0 Å². The molecule has 0 bridgehead atoms. The van der Waals surface area contributed by atoms with Gasteiger partial charge in [-0.25, -0.2) is 0 Å². The molecule has 0 saturated carbocycles. The number of nitrogens with one attached hydrogen (secondary N) is 2. The molecule has 0 saturated heterocycles. The van der Waals surface area contributed by atoms with E-state index < -0.39 is 5.91 Å². The molecule has 0 aliphatic rings. The molecular weight excluding hydrogens is 280 g/mol. The summed E-state index contributed by atoms with van der Waals surface area (Å²) >= 11 is 0. The maximum atomic E-state index is 12.3. The molecule has 112 valence electrons. The normalized spacial score (nSPS) is 10.9. The van der Waals surface area contributed by atoms with Gasteiger partial charge in [0.05, 0.1) is 5.69 Å². The highest BCUT2D eigenvalue weighted by molar-refractivity contribution is 6.09. The van der Waals surface area contributed by atoms with Crippen molar-refractivity contribution in [3.8, 4) is 5.75 Å². The Morgan fingerprint density at radius 1 is 1.00 bits per heavy atom. The van der Waals surface area contributed by atoms with E-state index in [1.54, 1.807) is 24.3 Å². The zero-order chi connectivity index (χ0) is 15.9. The first-order chi connectivity index (χ1) is 10.6. The van der Waals surface area contributed by atoms with E-state index in [-0.39, 0.29) is 23.0 Å². The standard InChI is InChI=1S/C17H16N2O3/c1-12(20)18-15(11-13-7-3-2-4-8-13)17(22)19-14-9-5-6-10-16(14)21/h2-11,21H,1H3,(H,18,20)(H,19,22). The summed E-state index contributed by atoms with van der Waals surface area (Å²) in [6, 6.07) is 15.5. The number of hydrogen-bond donors (Lipinski definition) is 3. The van der Waals surface area contributed by atoms with Crippen molar-refractivity contribution in [1.29, 1.82) is 0 Å². The molecule has 2 amide bonds. The Labute approximate surface area is 128 Å². The van der Waals surface area contributed by atoms with Crippen LogP contribution in [-0.4, -0.2) is 16.9 Å². The molecule has 5 nitrogen and oxygen atoms in total. The van der Waals surface area contributed by atoms with Crippen molar-refractivity contribution >= 4 is 23.6 Å². The largest absolute Gasteiger partial charge is 0.506 e. The first-order valence-electron chi connectivity index (χ1n) is 6.70. The average Bonchev–Trinajstić information content (AvgIpc) is 2.49. The zero-order valence-electron chi connectivity index (χ0n) is 12.0. The molecule has 0 spiro atoms. The Morgan fingerprint density at radius 3 is 2.27 bits per heavy atom. The van der Waals surface area contributed by atoms with Gasteiger partial charge in [0.1, 0.15) is 11.4 Å². The molecule has 0 unspecified atom stereocenters. The third-order valence-corrected chi connectivity index (χ3v) is 2.82. The van der Waals surface area contributed by atoms with Gasteiger partial charge in [-0.2, -0.15) is 0 Å². The summed E-state index contributed by atoms with van der Waals surface area (Å²) in [5.74, 6) is -0.909. The molecule has 22 heavy (non-hydrogen) atoms. The maximum absolute atomic E-state index is 12.3. The van der Waals surface area contributed by atoms with Crippen LogP contribution in [0.3, 0.4) is 0 Å². The summed E-state index contributed by atoms with van der Waals surface area (Å²) in [4.78, 5) is 23.6. The van der Waals surface area contributed by atoms with E-state index in [0.717, 1.165) is 5.56 Å². The van der Waals surface area contributed by atoms with E-state index >= 15 is 0 Å². The molecule has 0 aliphatic heterocycles. The summed E-state index contributed by atoms with van der Waals surface area (Å²) in [5.41, 5.74) is 1.15. The van der Waals surface area contributed by atoms with Crippen molar-refractivity contribution in [3.63, 3.8) is 0 Å². The lowest BCUT2D eigenvalue weighted by Crippen LogP contribution is -2.28. The lowest BCUT2D eigenvalue weighted by molar-refractivity contribution is -0.120. The van der Waals surface area contributed by atoms with Crippen LogP contribution < -0.4 is 10.6 Å². The van der Waals surface area contributed by atoms with Gasteiger partial charge in [0.25, 0.3) is 5.91 Å². The minimum Gasteiger partial charge on any atom is -0.506 e. The number of hydrogen-bond acceptors (Lipinski definition) is 3. The second kappa shape index (κ2) is 7.08. The highest BCUT2D eigenvalue weighted by Crippen LogP contribution is 2.22. The smallest absolute Gasteiger partial charge is 0.272 e. The molecule has 0 radical (unpaired) electrons. The molecule has 2 aromatic carbocycles. The van der Waals surface area contributed by atoms with E-state index in [0.29, 0.717) is 0 Å². The quantitative estimate of drug-likeness (QED) is 0.599. The van der Waals surface area contributed by atoms with Crippen LogP contribution in [0.5, 0.6) is 5.75 Å². The van der Waals surface area contributed by atoms with Crippen molar-refractivity contribution < 1.29 is 14.7 Å². The van der Waals surface area contributed by atoms with Crippen LogP contribution in [0.25, 0.3) is 6.08 Å². The molecule has 3 N–H and O–H groups in total. The van der Waals surface area contributed by atoms with Gasteiger partial charge in [0, 0.05) is 6.92 Å². The lowest BCUT2D eigenvalue weighted by Gasteiger charge is -2.10. The second-order valence-corrected chi connectivity index (χ2v) is 4.62. The Kier molecular flexibility index (Phi) is 4.93. The van der Waals surface area contributed by atoms with Gasteiger partial charge in [-0.3, -0.25) is 9.59 Å². The molecule has 2 aromatic rings. The lowest BCUT2D eigenvalue weighted by atomic mass is 10.2. The number of benzene rings is 2. The maximum Gasteiger partial charge on any atom is 0.272 e. The van der Waals surface area contributed by atoms with Gasteiger partial charge < -0.3 is 15.7 Å². The van der Waals surface area contributed by atoms with Crippen molar-refractivity contribution in [2.45, 2.75) is 6.92 Å². The number of amides is 2. The van der Waals surface area contributed by atoms with Gasteiger partial charge in [0.2, 0.25) is 5.91 Å². The van der Waals surface area contributed by atoms with Crippen LogP contribution in [0.1, 0.15) is 12.5 Å². The molecule has 0 fully saturated rings. The van der Waals surface area contributed by atoms with Gasteiger partial charge in [-0.05, 0) is 23.8 Å². The highest BCUT2D eigenvalue weighted by atomic mass is 16.3. The number of carbonyl (C=O) groups excluding carboxylic acids is 2. The van der Waals surface area contributed by atoms with Crippen LogP contribution >= 0.6 is 0 Å². The number of phenolic OH excluding ortho intramolecular Hbond substituents is 1. The molecule has 2 rings (SSSR count). The molecular formula is C17H16N2O3. The predicted octanol–water partition coefficient (Wildman–Crippen LogP) is 2.51.